The number of amides is 2. The third kappa shape index (κ3) is 5.10. The molecule has 128 valence electrons. The average Bonchev–Trinajstić information content (AvgIpc) is 2.84. The van der Waals surface area contributed by atoms with Crippen molar-refractivity contribution < 1.29 is 9.59 Å². The fraction of sp³-hybridized carbons (Fsp3) is 0.312. The van der Waals surface area contributed by atoms with Crippen LogP contribution >= 0.6 is 27.7 Å². The summed E-state index contributed by atoms with van der Waals surface area (Å²) in [4.78, 5) is 24.8. The second-order valence-corrected chi connectivity index (χ2v) is 7.24. The van der Waals surface area contributed by atoms with Gasteiger partial charge in [-0.1, -0.05) is 15.9 Å². The van der Waals surface area contributed by atoms with Crippen molar-refractivity contribution in [3.8, 4) is 0 Å². The lowest BCUT2D eigenvalue weighted by Crippen LogP contribution is -2.34. The van der Waals surface area contributed by atoms with Crippen molar-refractivity contribution in [2.45, 2.75) is 25.7 Å². The molecule has 1 aromatic carbocycles. The largest absolute Gasteiger partial charge is 0.346 e. The number of nitrogens with one attached hydrogen (secondary N) is 3. The molecule has 2 amide bonds. The van der Waals surface area contributed by atoms with Crippen molar-refractivity contribution in [1.29, 1.82) is 0 Å². The molecule has 0 spiro atoms. The lowest BCUT2D eigenvalue weighted by molar-refractivity contribution is -0.122. The summed E-state index contributed by atoms with van der Waals surface area (Å²) in [7, 11) is 0. The smallest absolute Gasteiger partial charge is 0.243 e. The van der Waals surface area contributed by atoms with Gasteiger partial charge < -0.3 is 10.6 Å². The molecule has 1 heterocycles. The molecule has 0 aliphatic heterocycles. The minimum Gasteiger partial charge on any atom is -0.346 e. The number of halogens is 1. The highest BCUT2D eigenvalue weighted by Crippen LogP contribution is 2.23. The molecule has 2 aromatic rings. The average molecular weight is 411 g/mol. The normalized spacial score (nSPS) is 10.5. The number of aromatic amines is 1. The van der Waals surface area contributed by atoms with Crippen LogP contribution in [0.15, 0.2) is 27.6 Å². The molecule has 24 heavy (non-hydrogen) atoms. The third-order valence-corrected chi connectivity index (χ3v) is 5.11. The summed E-state index contributed by atoms with van der Waals surface area (Å²) in [6.07, 6.45) is 0. The second-order valence-electron chi connectivity index (χ2n) is 5.34. The number of nitrogens with zero attached hydrogens (tertiary/aromatic N) is 1. The second kappa shape index (κ2) is 8.34. The summed E-state index contributed by atoms with van der Waals surface area (Å²) in [5.41, 5.74) is 3.49. The Labute approximate surface area is 153 Å². The molecule has 0 unspecified atom stereocenters. The predicted octanol–water partition coefficient (Wildman–Crippen LogP) is 2.94. The molecule has 0 saturated carbocycles. The maximum atomic E-state index is 11.9. The summed E-state index contributed by atoms with van der Waals surface area (Å²) in [6, 6.07) is 5.59. The van der Waals surface area contributed by atoms with Crippen LogP contribution in [0.2, 0.25) is 0 Å². The van der Waals surface area contributed by atoms with Crippen LogP contribution in [-0.4, -0.2) is 34.3 Å². The van der Waals surface area contributed by atoms with Gasteiger partial charge >= 0.3 is 0 Å². The number of anilines is 1. The zero-order valence-corrected chi connectivity index (χ0v) is 16.1. The predicted molar refractivity (Wildman–Crippen MR) is 99.3 cm³/mol. The number of thioether (sulfide) groups is 1. The Hall–Kier alpha value is -1.80. The molecule has 0 fully saturated rings. The number of rotatable bonds is 6. The van der Waals surface area contributed by atoms with Crippen LogP contribution in [0.4, 0.5) is 5.69 Å². The maximum Gasteiger partial charge on any atom is 0.243 e. The van der Waals surface area contributed by atoms with Crippen LogP contribution in [0.25, 0.3) is 0 Å². The molecular weight excluding hydrogens is 392 g/mol. The van der Waals surface area contributed by atoms with Crippen molar-refractivity contribution >= 4 is 45.2 Å². The zero-order chi connectivity index (χ0) is 17.7. The minimum atomic E-state index is -0.255. The number of carbonyl (C=O) groups excluding carboxylic acids is 2. The van der Waals surface area contributed by atoms with Crippen LogP contribution in [0.3, 0.4) is 0 Å². The van der Waals surface area contributed by atoms with E-state index in [1.165, 1.54) is 11.8 Å². The summed E-state index contributed by atoms with van der Waals surface area (Å²) in [5, 5.41) is 12.4. The van der Waals surface area contributed by atoms with E-state index in [1.807, 2.05) is 39.0 Å². The van der Waals surface area contributed by atoms with E-state index in [2.05, 4.69) is 36.8 Å². The lowest BCUT2D eigenvalue weighted by Gasteiger charge is -2.09. The van der Waals surface area contributed by atoms with E-state index in [0.717, 1.165) is 32.0 Å². The van der Waals surface area contributed by atoms with Crippen molar-refractivity contribution in [3.05, 3.63) is 39.6 Å². The number of hydrogen-bond donors (Lipinski definition) is 3. The number of hydrogen-bond acceptors (Lipinski definition) is 4. The van der Waals surface area contributed by atoms with Crippen LogP contribution in [0.1, 0.15) is 17.0 Å². The molecule has 0 radical (unpaired) electrons. The highest BCUT2D eigenvalue weighted by molar-refractivity contribution is 9.10. The van der Waals surface area contributed by atoms with E-state index in [9.17, 15) is 9.59 Å². The van der Waals surface area contributed by atoms with Gasteiger partial charge in [-0.3, -0.25) is 14.7 Å². The molecule has 0 saturated heterocycles. The van der Waals surface area contributed by atoms with Gasteiger partial charge in [-0.15, -0.1) is 11.8 Å². The topological polar surface area (TPSA) is 86.9 Å². The molecule has 2 rings (SSSR count). The van der Waals surface area contributed by atoms with Crippen molar-refractivity contribution in [2.24, 2.45) is 0 Å². The van der Waals surface area contributed by atoms with E-state index < -0.39 is 0 Å². The number of aryl methyl sites for hydroxylation is 3. The van der Waals surface area contributed by atoms with Crippen LogP contribution in [-0.2, 0) is 9.59 Å². The van der Waals surface area contributed by atoms with Gasteiger partial charge in [-0.2, -0.15) is 5.10 Å². The minimum absolute atomic E-state index is 0.0573. The van der Waals surface area contributed by atoms with Crippen molar-refractivity contribution in [3.63, 3.8) is 0 Å². The zero-order valence-electron chi connectivity index (χ0n) is 13.7. The van der Waals surface area contributed by atoms with Gasteiger partial charge in [0, 0.05) is 15.9 Å². The van der Waals surface area contributed by atoms with Crippen LogP contribution in [0.5, 0.6) is 0 Å². The van der Waals surface area contributed by atoms with Gasteiger partial charge in [0.1, 0.15) is 0 Å². The molecule has 0 aliphatic rings. The SMILES string of the molecule is Cc1cc(Br)ccc1NC(=O)CNC(=O)CSc1c(C)n[nH]c1C. The summed E-state index contributed by atoms with van der Waals surface area (Å²) in [6.45, 7) is 5.65. The first-order valence-corrected chi connectivity index (χ1v) is 9.11. The molecule has 1 aromatic heterocycles. The molecular formula is C16H19BrN4O2S. The van der Waals surface area contributed by atoms with E-state index in [4.69, 9.17) is 0 Å². The fourth-order valence-corrected chi connectivity index (χ4v) is 3.45. The monoisotopic (exact) mass is 410 g/mol. The fourth-order valence-electron chi connectivity index (χ4n) is 2.08. The van der Waals surface area contributed by atoms with E-state index in [-0.39, 0.29) is 24.1 Å². The van der Waals surface area contributed by atoms with Crippen LogP contribution in [0, 0.1) is 20.8 Å². The van der Waals surface area contributed by atoms with Crippen LogP contribution < -0.4 is 10.6 Å². The molecule has 8 heteroatoms. The number of carbonyl (C=O) groups is 2. The molecule has 0 aliphatic carbocycles. The highest BCUT2D eigenvalue weighted by Gasteiger charge is 2.11. The first kappa shape index (κ1) is 18.5. The van der Waals surface area contributed by atoms with E-state index in [1.54, 1.807) is 0 Å². The number of aromatic nitrogens is 2. The molecule has 0 bridgehead atoms. The first-order chi connectivity index (χ1) is 11.4. The lowest BCUT2D eigenvalue weighted by atomic mass is 10.2. The standard InChI is InChI=1S/C16H19BrN4O2S/c1-9-6-12(17)4-5-13(9)19-14(22)7-18-15(23)8-24-16-10(2)20-21-11(16)3/h4-6H,7-8H2,1-3H3,(H,18,23)(H,19,22)(H,20,21). The Bertz CT molecular complexity index is 741. The Morgan fingerprint density at radius 2 is 2.00 bits per heavy atom. The Balaban J connectivity index is 1.78. The van der Waals surface area contributed by atoms with Gasteiger partial charge in [0.25, 0.3) is 0 Å². The van der Waals surface area contributed by atoms with Gasteiger partial charge in [0.15, 0.2) is 0 Å². The number of benzene rings is 1. The number of H-pyrrole nitrogens is 1. The summed E-state index contributed by atoms with van der Waals surface area (Å²) >= 11 is 4.78. The summed E-state index contributed by atoms with van der Waals surface area (Å²) < 4.78 is 0.952. The molecule has 3 N–H and O–H groups in total. The first-order valence-electron chi connectivity index (χ1n) is 7.34. The van der Waals surface area contributed by atoms with Crippen molar-refractivity contribution in [1.82, 2.24) is 15.5 Å². The van der Waals surface area contributed by atoms with Gasteiger partial charge in [0.05, 0.1) is 22.9 Å². The Kier molecular flexibility index (Phi) is 6.44. The third-order valence-electron chi connectivity index (χ3n) is 3.32. The van der Waals surface area contributed by atoms with E-state index in [0.29, 0.717) is 0 Å². The maximum absolute atomic E-state index is 11.9. The van der Waals surface area contributed by atoms with Gasteiger partial charge in [0.2, 0.25) is 11.8 Å². The quantitative estimate of drug-likeness (QED) is 0.638. The Morgan fingerprint density at radius 3 is 2.62 bits per heavy atom. The van der Waals surface area contributed by atoms with Gasteiger partial charge in [-0.05, 0) is 44.5 Å². The Morgan fingerprint density at radius 1 is 1.25 bits per heavy atom. The van der Waals surface area contributed by atoms with Crippen molar-refractivity contribution in [2.75, 3.05) is 17.6 Å². The van der Waals surface area contributed by atoms with Gasteiger partial charge in [-0.25, -0.2) is 0 Å². The highest BCUT2D eigenvalue weighted by atomic mass is 79.9. The van der Waals surface area contributed by atoms with E-state index >= 15 is 0 Å². The molecule has 0 atom stereocenters. The molecule has 6 nitrogen and oxygen atoms in total. The summed E-state index contributed by atoms with van der Waals surface area (Å²) in [5.74, 6) is -0.205.